The molecule has 1 saturated heterocycles. The van der Waals surface area contributed by atoms with E-state index < -0.39 is 5.97 Å². The normalized spacial score (nSPS) is 15.0. The van der Waals surface area contributed by atoms with Crippen molar-refractivity contribution < 1.29 is 19.1 Å². The van der Waals surface area contributed by atoms with Crippen molar-refractivity contribution in [3.8, 4) is 11.1 Å². The van der Waals surface area contributed by atoms with Crippen LogP contribution in [0.2, 0.25) is 5.02 Å². The summed E-state index contributed by atoms with van der Waals surface area (Å²) in [6.45, 7) is 3.41. The Morgan fingerprint density at radius 2 is 1.90 bits per heavy atom. The number of nitrogens with one attached hydrogen (secondary N) is 1. The quantitative estimate of drug-likeness (QED) is 0.631. The van der Waals surface area contributed by atoms with Gasteiger partial charge in [0.15, 0.2) is 0 Å². The third-order valence-corrected chi connectivity index (χ3v) is 6.18. The van der Waals surface area contributed by atoms with Crippen molar-refractivity contribution >= 4 is 45.7 Å². The van der Waals surface area contributed by atoms with E-state index in [1.807, 2.05) is 22.4 Å². The Morgan fingerprint density at radius 1 is 1.23 bits per heavy atom. The summed E-state index contributed by atoms with van der Waals surface area (Å²) in [7, 11) is 0. The van der Waals surface area contributed by atoms with Crippen LogP contribution in [0.15, 0.2) is 29.6 Å². The van der Waals surface area contributed by atoms with Crippen LogP contribution in [0.3, 0.4) is 0 Å². The van der Waals surface area contributed by atoms with Gasteiger partial charge in [0, 0.05) is 21.9 Å². The molecule has 7 nitrogen and oxygen atoms in total. The highest BCUT2D eigenvalue weighted by Crippen LogP contribution is 2.36. The first-order valence-corrected chi connectivity index (χ1v) is 11.0. The number of thiophene rings is 1. The molecular formula is C21H24ClN3O4S. The minimum absolute atomic E-state index is 0.126. The molecule has 3 N–H and O–H groups in total. The molecule has 0 saturated carbocycles. The van der Waals surface area contributed by atoms with Crippen LogP contribution in [0.5, 0.6) is 0 Å². The van der Waals surface area contributed by atoms with Crippen molar-refractivity contribution in [3.05, 3.63) is 40.2 Å². The molecule has 2 heterocycles. The van der Waals surface area contributed by atoms with Crippen molar-refractivity contribution in [2.24, 2.45) is 11.7 Å². The molecule has 2 amide bonds. The van der Waals surface area contributed by atoms with Crippen LogP contribution >= 0.6 is 22.9 Å². The molecule has 9 heteroatoms. The molecule has 0 spiro atoms. The Morgan fingerprint density at radius 3 is 2.50 bits per heavy atom. The maximum Gasteiger partial charge on any atom is 0.341 e. The van der Waals surface area contributed by atoms with Gasteiger partial charge in [0.2, 0.25) is 11.8 Å². The van der Waals surface area contributed by atoms with Crippen molar-refractivity contribution in [1.29, 1.82) is 0 Å². The zero-order chi connectivity index (χ0) is 21.7. The van der Waals surface area contributed by atoms with E-state index in [0.717, 1.165) is 5.56 Å². The molecule has 1 aliphatic rings. The predicted molar refractivity (Wildman–Crippen MR) is 118 cm³/mol. The van der Waals surface area contributed by atoms with E-state index in [4.69, 9.17) is 22.1 Å². The number of hydrogen-bond donors (Lipinski definition) is 2. The number of nitrogens with zero attached hydrogens (tertiary/aromatic N) is 1. The number of benzene rings is 1. The average molecular weight is 450 g/mol. The standard InChI is InChI=1S/C21H24ClN3O4S/c1-2-29-21(28)18-16(13-3-5-15(22)6-4-13)12-30-20(18)24-17(26)11-25-9-7-14(8-10-25)19(23)27/h3-6,12,14H,2,7-11H2,1H3,(H2,23,27)(H,24,26). The summed E-state index contributed by atoms with van der Waals surface area (Å²) in [5, 5.41) is 5.73. The second-order valence-electron chi connectivity index (χ2n) is 7.08. The highest BCUT2D eigenvalue weighted by molar-refractivity contribution is 7.15. The maximum absolute atomic E-state index is 12.6. The van der Waals surface area contributed by atoms with Gasteiger partial charge in [0.05, 0.1) is 13.2 Å². The summed E-state index contributed by atoms with van der Waals surface area (Å²) in [5.41, 5.74) is 7.20. The minimum Gasteiger partial charge on any atom is -0.462 e. The van der Waals surface area contributed by atoms with Gasteiger partial charge in [-0.25, -0.2) is 4.79 Å². The Labute approximate surface area is 184 Å². The number of rotatable bonds is 7. The third kappa shape index (κ3) is 5.38. The van der Waals surface area contributed by atoms with Crippen LogP contribution in [0.4, 0.5) is 5.00 Å². The Kier molecular flexibility index (Phi) is 7.47. The van der Waals surface area contributed by atoms with Crippen LogP contribution in [-0.4, -0.2) is 48.9 Å². The van der Waals surface area contributed by atoms with Gasteiger partial charge in [-0.1, -0.05) is 23.7 Å². The number of nitrogens with two attached hydrogens (primary N) is 1. The van der Waals surface area contributed by atoms with E-state index in [9.17, 15) is 14.4 Å². The lowest BCUT2D eigenvalue weighted by Crippen LogP contribution is -2.42. The van der Waals surface area contributed by atoms with Crippen molar-refractivity contribution in [1.82, 2.24) is 4.90 Å². The second-order valence-corrected chi connectivity index (χ2v) is 8.40. The predicted octanol–water partition coefficient (Wildman–Crippen LogP) is 3.38. The van der Waals surface area contributed by atoms with Gasteiger partial charge in [0.25, 0.3) is 0 Å². The van der Waals surface area contributed by atoms with Crippen LogP contribution in [0.25, 0.3) is 11.1 Å². The molecule has 0 bridgehead atoms. The van der Waals surface area contributed by atoms with Gasteiger partial charge in [-0.2, -0.15) is 0 Å². The topological polar surface area (TPSA) is 102 Å². The number of amides is 2. The van der Waals surface area contributed by atoms with E-state index >= 15 is 0 Å². The van der Waals surface area contributed by atoms with Gasteiger partial charge in [-0.3, -0.25) is 14.5 Å². The summed E-state index contributed by atoms with van der Waals surface area (Å²) in [6, 6.07) is 7.14. The Balaban J connectivity index is 1.73. The molecule has 1 aromatic carbocycles. The fourth-order valence-corrected chi connectivity index (χ4v) is 4.54. The zero-order valence-corrected chi connectivity index (χ0v) is 18.2. The molecule has 0 aliphatic carbocycles. The smallest absolute Gasteiger partial charge is 0.341 e. The lowest BCUT2D eigenvalue weighted by Gasteiger charge is -2.29. The van der Waals surface area contributed by atoms with E-state index in [1.54, 1.807) is 19.1 Å². The zero-order valence-electron chi connectivity index (χ0n) is 16.7. The fraction of sp³-hybridized carbons (Fsp3) is 0.381. The van der Waals surface area contributed by atoms with E-state index in [2.05, 4.69) is 5.32 Å². The third-order valence-electron chi connectivity index (χ3n) is 5.04. The summed E-state index contributed by atoms with van der Waals surface area (Å²) in [4.78, 5) is 38.5. The highest BCUT2D eigenvalue weighted by Gasteiger charge is 2.26. The van der Waals surface area contributed by atoms with Gasteiger partial charge >= 0.3 is 5.97 Å². The molecule has 1 aromatic heterocycles. The van der Waals surface area contributed by atoms with E-state index in [1.165, 1.54) is 11.3 Å². The Bertz CT molecular complexity index is 921. The molecule has 3 rings (SSSR count). The number of likely N-dealkylation sites (tertiary alicyclic amines) is 1. The average Bonchev–Trinajstić information content (AvgIpc) is 3.12. The molecule has 0 radical (unpaired) electrons. The molecule has 1 fully saturated rings. The molecule has 1 aliphatic heterocycles. The molecule has 2 aromatic rings. The summed E-state index contributed by atoms with van der Waals surface area (Å²) >= 11 is 7.25. The van der Waals surface area contributed by atoms with E-state index in [0.29, 0.717) is 47.1 Å². The van der Waals surface area contributed by atoms with Gasteiger partial charge < -0.3 is 15.8 Å². The lowest BCUT2D eigenvalue weighted by molar-refractivity contribution is -0.123. The highest BCUT2D eigenvalue weighted by atomic mass is 35.5. The van der Waals surface area contributed by atoms with Gasteiger partial charge in [-0.15, -0.1) is 11.3 Å². The number of esters is 1. The molecule has 160 valence electrons. The summed E-state index contributed by atoms with van der Waals surface area (Å²) in [6.07, 6.45) is 1.30. The lowest BCUT2D eigenvalue weighted by atomic mass is 9.96. The molecule has 30 heavy (non-hydrogen) atoms. The Hall–Kier alpha value is -2.42. The number of carbonyl (C=O) groups excluding carboxylic acids is 3. The van der Waals surface area contributed by atoms with E-state index in [-0.39, 0.29) is 30.9 Å². The minimum atomic E-state index is -0.485. The largest absolute Gasteiger partial charge is 0.462 e. The first-order chi connectivity index (χ1) is 14.4. The number of anilines is 1. The monoisotopic (exact) mass is 449 g/mol. The number of ether oxygens (including phenoxy) is 1. The van der Waals surface area contributed by atoms with Crippen LogP contribution in [-0.2, 0) is 14.3 Å². The number of primary amides is 1. The second kappa shape index (κ2) is 10.1. The van der Waals surface area contributed by atoms with Crippen LogP contribution < -0.4 is 11.1 Å². The first kappa shape index (κ1) is 22.3. The SMILES string of the molecule is CCOC(=O)c1c(-c2ccc(Cl)cc2)csc1NC(=O)CN1CCC(C(N)=O)CC1. The number of carbonyl (C=O) groups is 3. The first-order valence-electron chi connectivity index (χ1n) is 9.75. The summed E-state index contributed by atoms with van der Waals surface area (Å²) in [5.74, 6) is -1.12. The van der Waals surface area contributed by atoms with Crippen molar-refractivity contribution in [2.75, 3.05) is 31.6 Å². The molecule has 0 atom stereocenters. The fourth-order valence-electron chi connectivity index (χ4n) is 3.44. The summed E-state index contributed by atoms with van der Waals surface area (Å²) < 4.78 is 5.21. The molecule has 0 unspecified atom stereocenters. The number of hydrogen-bond acceptors (Lipinski definition) is 6. The van der Waals surface area contributed by atoms with Crippen LogP contribution in [0.1, 0.15) is 30.1 Å². The number of halogens is 1. The van der Waals surface area contributed by atoms with Crippen LogP contribution in [0, 0.1) is 5.92 Å². The van der Waals surface area contributed by atoms with Gasteiger partial charge in [0.1, 0.15) is 10.6 Å². The molecular weight excluding hydrogens is 426 g/mol. The van der Waals surface area contributed by atoms with Crippen molar-refractivity contribution in [3.63, 3.8) is 0 Å². The van der Waals surface area contributed by atoms with Crippen molar-refractivity contribution in [2.45, 2.75) is 19.8 Å². The van der Waals surface area contributed by atoms with Gasteiger partial charge in [-0.05, 0) is 50.6 Å². The maximum atomic E-state index is 12.6. The number of piperidine rings is 1.